The zero-order valence-corrected chi connectivity index (χ0v) is 16.5. The van der Waals surface area contributed by atoms with Gasteiger partial charge in [0.1, 0.15) is 11.5 Å². The van der Waals surface area contributed by atoms with Crippen LogP contribution in [0.4, 0.5) is 5.82 Å². The predicted octanol–water partition coefficient (Wildman–Crippen LogP) is 3.88. The molecule has 7 nitrogen and oxygen atoms in total. The van der Waals surface area contributed by atoms with Crippen molar-refractivity contribution in [2.45, 2.75) is 34.2 Å². The first-order valence-corrected chi connectivity index (χ1v) is 9.56. The molecule has 0 saturated heterocycles. The minimum Gasteiger partial charge on any atom is -0.305 e. The lowest BCUT2D eigenvalue weighted by Crippen LogP contribution is -2.19. The van der Waals surface area contributed by atoms with Crippen molar-refractivity contribution in [2.75, 3.05) is 5.32 Å². The number of carbonyl (C=O) groups is 1. The molecule has 27 heavy (non-hydrogen) atoms. The fraction of sp³-hybridized carbons (Fsp3) is 0.263. The maximum Gasteiger partial charge on any atom is 0.275 e. The molecule has 0 bridgehead atoms. The predicted molar refractivity (Wildman–Crippen MR) is 107 cm³/mol. The summed E-state index contributed by atoms with van der Waals surface area (Å²) in [5.74, 6) is 0.374. The number of hydrogen-bond acceptors (Lipinski definition) is 5. The SMILES string of the molecule is CCn1nccc1C(=O)Nc1cc(C)nn1-c1nc2c(C)cc(C)cc2s1. The van der Waals surface area contributed by atoms with Crippen molar-refractivity contribution in [2.24, 2.45) is 0 Å². The monoisotopic (exact) mass is 380 g/mol. The average Bonchev–Trinajstić information content (AvgIpc) is 3.32. The van der Waals surface area contributed by atoms with Crippen LogP contribution in [0.15, 0.2) is 30.5 Å². The van der Waals surface area contributed by atoms with Gasteiger partial charge in [0.25, 0.3) is 5.91 Å². The molecule has 1 amide bonds. The van der Waals surface area contributed by atoms with Gasteiger partial charge in [-0.25, -0.2) is 4.98 Å². The number of carbonyl (C=O) groups excluding carboxylic acids is 1. The van der Waals surface area contributed by atoms with Gasteiger partial charge in [0.15, 0.2) is 0 Å². The van der Waals surface area contributed by atoms with Gasteiger partial charge in [0, 0.05) is 18.8 Å². The van der Waals surface area contributed by atoms with Crippen molar-refractivity contribution < 1.29 is 4.79 Å². The van der Waals surface area contributed by atoms with Crippen LogP contribution in [0.25, 0.3) is 15.3 Å². The van der Waals surface area contributed by atoms with Crippen LogP contribution in [0.2, 0.25) is 0 Å². The van der Waals surface area contributed by atoms with Crippen LogP contribution in [0.3, 0.4) is 0 Å². The van der Waals surface area contributed by atoms with Crippen LogP contribution in [0.1, 0.15) is 34.2 Å². The van der Waals surface area contributed by atoms with Gasteiger partial charge in [-0.15, -0.1) is 0 Å². The largest absolute Gasteiger partial charge is 0.305 e. The van der Waals surface area contributed by atoms with Gasteiger partial charge in [0.05, 0.1) is 15.9 Å². The van der Waals surface area contributed by atoms with Crippen LogP contribution in [0.5, 0.6) is 0 Å². The van der Waals surface area contributed by atoms with E-state index in [1.807, 2.05) is 19.9 Å². The number of anilines is 1. The van der Waals surface area contributed by atoms with E-state index in [9.17, 15) is 4.79 Å². The number of nitrogens with one attached hydrogen (secondary N) is 1. The summed E-state index contributed by atoms with van der Waals surface area (Å²) in [5.41, 5.74) is 4.62. The summed E-state index contributed by atoms with van der Waals surface area (Å²) in [6.45, 7) is 8.60. The first-order valence-electron chi connectivity index (χ1n) is 8.74. The Morgan fingerprint density at radius 3 is 2.81 bits per heavy atom. The van der Waals surface area contributed by atoms with Gasteiger partial charge in [-0.3, -0.25) is 9.48 Å². The number of benzene rings is 1. The molecule has 0 radical (unpaired) electrons. The summed E-state index contributed by atoms with van der Waals surface area (Å²) in [4.78, 5) is 17.4. The highest BCUT2D eigenvalue weighted by atomic mass is 32.1. The van der Waals surface area contributed by atoms with Crippen LogP contribution < -0.4 is 5.32 Å². The Hall–Kier alpha value is -3.00. The van der Waals surface area contributed by atoms with Crippen molar-refractivity contribution in [3.8, 4) is 5.13 Å². The number of nitrogens with zero attached hydrogens (tertiary/aromatic N) is 5. The first-order chi connectivity index (χ1) is 13.0. The second kappa shape index (κ2) is 6.62. The maximum atomic E-state index is 12.7. The Morgan fingerprint density at radius 2 is 2.04 bits per heavy atom. The Balaban J connectivity index is 1.73. The number of fused-ring (bicyclic) bond motifs is 1. The molecule has 0 aliphatic heterocycles. The highest BCUT2D eigenvalue weighted by Gasteiger charge is 2.18. The number of rotatable bonds is 4. The smallest absolute Gasteiger partial charge is 0.275 e. The minimum absolute atomic E-state index is 0.219. The van der Waals surface area contributed by atoms with E-state index in [-0.39, 0.29) is 5.91 Å². The molecule has 1 aromatic carbocycles. The van der Waals surface area contributed by atoms with E-state index in [2.05, 4.69) is 41.5 Å². The van der Waals surface area contributed by atoms with Crippen molar-refractivity contribution >= 4 is 33.3 Å². The second-order valence-corrected chi connectivity index (χ2v) is 7.50. The highest BCUT2D eigenvalue weighted by molar-refractivity contribution is 7.20. The maximum absolute atomic E-state index is 12.7. The van der Waals surface area contributed by atoms with E-state index in [0.717, 1.165) is 26.6 Å². The third-order valence-electron chi connectivity index (χ3n) is 4.32. The van der Waals surface area contributed by atoms with Gasteiger partial charge in [-0.2, -0.15) is 14.9 Å². The van der Waals surface area contributed by atoms with E-state index in [1.165, 1.54) is 5.56 Å². The molecular formula is C19H20N6OS. The molecule has 0 saturated carbocycles. The normalized spacial score (nSPS) is 11.3. The third-order valence-corrected chi connectivity index (χ3v) is 5.30. The second-order valence-electron chi connectivity index (χ2n) is 6.49. The Kier molecular flexibility index (Phi) is 4.27. The first kappa shape index (κ1) is 17.4. The van der Waals surface area contributed by atoms with Gasteiger partial charge in [-0.05, 0) is 51.0 Å². The zero-order chi connectivity index (χ0) is 19.1. The van der Waals surface area contributed by atoms with E-state index in [1.54, 1.807) is 33.0 Å². The van der Waals surface area contributed by atoms with Crippen molar-refractivity contribution in [1.29, 1.82) is 0 Å². The number of aryl methyl sites for hydroxylation is 4. The minimum atomic E-state index is -0.219. The molecule has 0 aliphatic rings. The van der Waals surface area contributed by atoms with E-state index in [0.29, 0.717) is 18.1 Å². The number of thiazole rings is 1. The molecule has 0 spiro atoms. The number of hydrogen-bond donors (Lipinski definition) is 1. The summed E-state index contributed by atoms with van der Waals surface area (Å²) < 4.78 is 4.46. The summed E-state index contributed by atoms with van der Waals surface area (Å²) in [6.07, 6.45) is 1.62. The fourth-order valence-corrected chi connectivity index (χ4v) is 4.25. The Bertz CT molecular complexity index is 1150. The van der Waals surface area contributed by atoms with Crippen molar-refractivity contribution in [3.63, 3.8) is 0 Å². The zero-order valence-electron chi connectivity index (χ0n) is 15.6. The molecule has 4 rings (SSSR count). The van der Waals surface area contributed by atoms with Crippen molar-refractivity contribution in [1.82, 2.24) is 24.5 Å². The molecule has 0 fully saturated rings. The summed E-state index contributed by atoms with van der Waals surface area (Å²) in [5, 5.41) is 12.4. The number of aromatic nitrogens is 5. The van der Waals surface area contributed by atoms with Crippen LogP contribution in [0, 0.1) is 20.8 Å². The van der Waals surface area contributed by atoms with Gasteiger partial charge in [-0.1, -0.05) is 17.4 Å². The Morgan fingerprint density at radius 1 is 1.22 bits per heavy atom. The molecule has 4 aromatic rings. The Labute approximate surface area is 160 Å². The molecule has 0 atom stereocenters. The molecule has 138 valence electrons. The molecule has 3 heterocycles. The summed E-state index contributed by atoms with van der Waals surface area (Å²) in [6, 6.07) is 7.79. The number of amides is 1. The molecular weight excluding hydrogens is 360 g/mol. The lowest BCUT2D eigenvalue weighted by Gasteiger charge is -2.07. The quantitative estimate of drug-likeness (QED) is 0.583. The summed E-state index contributed by atoms with van der Waals surface area (Å²) in [7, 11) is 0. The van der Waals surface area contributed by atoms with E-state index < -0.39 is 0 Å². The molecule has 0 aliphatic carbocycles. The lowest BCUT2D eigenvalue weighted by atomic mass is 10.1. The van der Waals surface area contributed by atoms with Gasteiger partial charge < -0.3 is 5.32 Å². The molecule has 8 heteroatoms. The average molecular weight is 380 g/mol. The highest BCUT2D eigenvalue weighted by Crippen LogP contribution is 2.30. The van der Waals surface area contributed by atoms with Crippen LogP contribution in [-0.4, -0.2) is 30.5 Å². The third kappa shape index (κ3) is 3.12. The van der Waals surface area contributed by atoms with E-state index >= 15 is 0 Å². The molecule has 3 aromatic heterocycles. The molecule has 1 N–H and O–H groups in total. The van der Waals surface area contributed by atoms with Crippen molar-refractivity contribution in [3.05, 3.63) is 53.0 Å². The fourth-order valence-electron chi connectivity index (χ4n) is 3.14. The van der Waals surface area contributed by atoms with Crippen LogP contribution in [-0.2, 0) is 6.54 Å². The van der Waals surface area contributed by atoms with E-state index in [4.69, 9.17) is 4.98 Å². The van der Waals surface area contributed by atoms with Crippen LogP contribution >= 0.6 is 11.3 Å². The molecule has 0 unspecified atom stereocenters. The van der Waals surface area contributed by atoms with Gasteiger partial charge in [0.2, 0.25) is 5.13 Å². The summed E-state index contributed by atoms with van der Waals surface area (Å²) >= 11 is 1.56. The van der Waals surface area contributed by atoms with Gasteiger partial charge >= 0.3 is 0 Å². The lowest BCUT2D eigenvalue weighted by molar-refractivity contribution is 0.101. The standard InChI is InChI=1S/C19H20N6OS/c1-5-24-14(6-7-20-24)18(26)21-16-10-13(4)23-25(16)19-22-17-12(3)8-11(2)9-15(17)27-19/h6-10H,5H2,1-4H3,(H,21,26). The topological polar surface area (TPSA) is 77.6 Å².